The van der Waals surface area contributed by atoms with E-state index in [0.29, 0.717) is 6.04 Å². The summed E-state index contributed by atoms with van der Waals surface area (Å²) < 4.78 is 0. The minimum absolute atomic E-state index is 0.400. The summed E-state index contributed by atoms with van der Waals surface area (Å²) in [6, 6.07) is 17.9. The van der Waals surface area contributed by atoms with Crippen LogP contribution < -0.4 is 5.32 Å². The molecule has 1 heterocycles. The topological polar surface area (TPSA) is 15.3 Å². The molecule has 110 valence electrons. The van der Waals surface area contributed by atoms with E-state index in [2.05, 4.69) is 72.7 Å². The summed E-state index contributed by atoms with van der Waals surface area (Å²) in [7, 11) is 2.06. The van der Waals surface area contributed by atoms with E-state index in [1.807, 2.05) is 0 Å². The summed E-state index contributed by atoms with van der Waals surface area (Å²) in [6.45, 7) is 5.49. The number of nitrogens with zero attached hydrogens (tertiary/aromatic N) is 1. The van der Waals surface area contributed by atoms with E-state index >= 15 is 0 Å². The molecule has 0 fully saturated rings. The Morgan fingerprint density at radius 2 is 1.76 bits per heavy atom. The maximum Gasteiger partial charge on any atom is 0.0449 e. The molecule has 1 atom stereocenters. The van der Waals surface area contributed by atoms with Crippen molar-refractivity contribution in [3.8, 4) is 0 Å². The normalized spacial score (nSPS) is 16.5. The van der Waals surface area contributed by atoms with Gasteiger partial charge in [0.2, 0.25) is 0 Å². The first-order chi connectivity index (χ1) is 10.3. The zero-order valence-corrected chi connectivity index (χ0v) is 13.0. The van der Waals surface area contributed by atoms with Gasteiger partial charge in [0.1, 0.15) is 0 Å². The maximum absolute atomic E-state index is 3.49. The minimum Gasteiger partial charge on any atom is -0.312 e. The molecule has 1 N–H and O–H groups in total. The maximum atomic E-state index is 3.49. The van der Waals surface area contributed by atoms with Gasteiger partial charge in [0.25, 0.3) is 0 Å². The average molecular weight is 280 g/mol. The van der Waals surface area contributed by atoms with Crippen molar-refractivity contribution in [3.05, 3.63) is 70.8 Å². The molecule has 0 spiro atoms. The summed E-state index contributed by atoms with van der Waals surface area (Å²) in [5.41, 5.74) is 5.79. The summed E-state index contributed by atoms with van der Waals surface area (Å²) in [4.78, 5) is 2.57. The molecule has 2 nitrogen and oxygen atoms in total. The molecule has 1 aliphatic heterocycles. The number of fused-ring (bicyclic) bond motifs is 1. The van der Waals surface area contributed by atoms with Crippen molar-refractivity contribution in [1.29, 1.82) is 0 Å². The molecular weight excluding hydrogens is 256 g/mol. The van der Waals surface area contributed by atoms with Crippen molar-refractivity contribution in [2.24, 2.45) is 0 Å². The largest absolute Gasteiger partial charge is 0.312 e. The fourth-order valence-corrected chi connectivity index (χ4v) is 3.29. The van der Waals surface area contributed by atoms with Gasteiger partial charge in [0.05, 0.1) is 0 Å². The van der Waals surface area contributed by atoms with Crippen LogP contribution in [0.25, 0.3) is 0 Å². The fraction of sp³-hybridized carbons (Fsp3) is 0.368. The van der Waals surface area contributed by atoms with Gasteiger partial charge in [-0.15, -0.1) is 0 Å². The van der Waals surface area contributed by atoms with E-state index in [-0.39, 0.29) is 0 Å². The Kier molecular flexibility index (Phi) is 4.37. The minimum atomic E-state index is 0.400. The Hall–Kier alpha value is -1.64. The second kappa shape index (κ2) is 6.42. The molecule has 0 aliphatic carbocycles. The highest BCUT2D eigenvalue weighted by molar-refractivity contribution is 5.31. The molecule has 2 aromatic carbocycles. The number of rotatable bonds is 4. The molecule has 2 aromatic rings. The Labute approximate surface area is 127 Å². The average Bonchev–Trinajstić information content (AvgIpc) is 2.53. The molecule has 0 amide bonds. The van der Waals surface area contributed by atoms with Crippen molar-refractivity contribution in [2.45, 2.75) is 25.9 Å². The first-order valence-electron chi connectivity index (χ1n) is 7.80. The molecule has 0 saturated carbocycles. The highest BCUT2D eigenvalue weighted by Crippen LogP contribution is 2.23. The van der Waals surface area contributed by atoms with E-state index in [1.54, 1.807) is 0 Å². The first-order valence-corrected chi connectivity index (χ1v) is 7.80. The Morgan fingerprint density at radius 3 is 2.52 bits per heavy atom. The first kappa shape index (κ1) is 14.3. The highest BCUT2D eigenvalue weighted by Gasteiger charge is 2.20. The van der Waals surface area contributed by atoms with Crippen LogP contribution in [0.4, 0.5) is 0 Å². The lowest BCUT2D eigenvalue weighted by atomic mass is 9.97. The predicted molar refractivity (Wildman–Crippen MR) is 88.4 cm³/mol. The Balaban J connectivity index is 1.73. The van der Waals surface area contributed by atoms with E-state index in [0.717, 1.165) is 19.6 Å². The highest BCUT2D eigenvalue weighted by atomic mass is 15.1. The van der Waals surface area contributed by atoms with Crippen LogP contribution >= 0.6 is 0 Å². The van der Waals surface area contributed by atoms with Crippen LogP contribution in [0, 0.1) is 6.92 Å². The number of benzene rings is 2. The molecule has 2 heteroatoms. The Bertz CT molecular complexity index is 606. The van der Waals surface area contributed by atoms with Gasteiger partial charge in [-0.05, 0) is 42.6 Å². The zero-order valence-electron chi connectivity index (χ0n) is 13.0. The molecule has 0 radical (unpaired) electrons. The van der Waals surface area contributed by atoms with Crippen molar-refractivity contribution in [2.75, 3.05) is 20.1 Å². The molecule has 1 aliphatic rings. The molecule has 0 bridgehead atoms. The van der Waals surface area contributed by atoms with Crippen LogP contribution in [0.1, 0.15) is 28.3 Å². The van der Waals surface area contributed by atoms with Crippen LogP contribution in [-0.4, -0.2) is 25.0 Å². The number of hydrogen-bond donors (Lipinski definition) is 1. The van der Waals surface area contributed by atoms with Gasteiger partial charge in [0.15, 0.2) is 0 Å². The monoisotopic (exact) mass is 280 g/mol. The SMILES string of the molecule is CNC(CN1CCc2ccccc2C1)c1ccccc1C. The molecule has 3 rings (SSSR count). The summed E-state index contributed by atoms with van der Waals surface area (Å²) >= 11 is 0. The van der Waals surface area contributed by atoms with Crippen molar-refractivity contribution < 1.29 is 0 Å². The predicted octanol–water partition coefficient (Wildman–Crippen LogP) is 3.31. The second-order valence-corrected chi connectivity index (χ2v) is 5.95. The number of hydrogen-bond acceptors (Lipinski definition) is 2. The van der Waals surface area contributed by atoms with Crippen LogP contribution in [0.3, 0.4) is 0 Å². The van der Waals surface area contributed by atoms with Gasteiger partial charge in [-0.25, -0.2) is 0 Å². The molecule has 0 aromatic heterocycles. The van der Waals surface area contributed by atoms with Gasteiger partial charge in [-0.2, -0.15) is 0 Å². The second-order valence-electron chi connectivity index (χ2n) is 5.95. The van der Waals surface area contributed by atoms with Gasteiger partial charge in [0, 0.05) is 25.7 Å². The third-order valence-electron chi connectivity index (χ3n) is 4.56. The summed E-state index contributed by atoms with van der Waals surface area (Å²) in [5, 5.41) is 3.49. The summed E-state index contributed by atoms with van der Waals surface area (Å²) in [5.74, 6) is 0. The lowest BCUT2D eigenvalue weighted by Crippen LogP contribution is -2.37. The summed E-state index contributed by atoms with van der Waals surface area (Å²) in [6.07, 6.45) is 1.17. The molecule has 1 unspecified atom stereocenters. The van der Waals surface area contributed by atoms with E-state index in [4.69, 9.17) is 0 Å². The van der Waals surface area contributed by atoms with Gasteiger partial charge in [-0.1, -0.05) is 48.5 Å². The third-order valence-corrected chi connectivity index (χ3v) is 4.56. The van der Waals surface area contributed by atoms with Crippen LogP contribution in [0.2, 0.25) is 0 Å². The van der Waals surface area contributed by atoms with Crippen molar-refractivity contribution in [1.82, 2.24) is 10.2 Å². The fourth-order valence-electron chi connectivity index (χ4n) is 3.29. The van der Waals surface area contributed by atoms with Crippen molar-refractivity contribution in [3.63, 3.8) is 0 Å². The van der Waals surface area contributed by atoms with Gasteiger partial charge < -0.3 is 5.32 Å². The molecule has 0 saturated heterocycles. The lowest BCUT2D eigenvalue weighted by Gasteiger charge is -2.32. The number of likely N-dealkylation sites (N-methyl/N-ethyl adjacent to an activating group) is 1. The van der Waals surface area contributed by atoms with Gasteiger partial charge >= 0.3 is 0 Å². The standard InChI is InChI=1S/C19H24N2/c1-15-7-3-6-10-18(15)19(20-2)14-21-12-11-16-8-4-5-9-17(16)13-21/h3-10,19-20H,11-14H2,1-2H3. The quantitative estimate of drug-likeness (QED) is 0.924. The smallest absolute Gasteiger partial charge is 0.0449 e. The molecular formula is C19H24N2. The third kappa shape index (κ3) is 3.17. The zero-order chi connectivity index (χ0) is 14.7. The van der Waals surface area contributed by atoms with E-state index in [1.165, 1.54) is 28.7 Å². The van der Waals surface area contributed by atoms with Crippen LogP contribution in [0.15, 0.2) is 48.5 Å². The number of nitrogens with one attached hydrogen (secondary N) is 1. The van der Waals surface area contributed by atoms with Crippen molar-refractivity contribution >= 4 is 0 Å². The van der Waals surface area contributed by atoms with Gasteiger partial charge in [-0.3, -0.25) is 4.90 Å². The van der Waals surface area contributed by atoms with E-state index < -0.39 is 0 Å². The Morgan fingerprint density at radius 1 is 1.05 bits per heavy atom. The lowest BCUT2D eigenvalue weighted by molar-refractivity contribution is 0.228. The van der Waals surface area contributed by atoms with Crippen LogP contribution in [-0.2, 0) is 13.0 Å². The number of aryl methyl sites for hydroxylation is 1. The molecule has 21 heavy (non-hydrogen) atoms. The van der Waals surface area contributed by atoms with Crippen LogP contribution in [0.5, 0.6) is 0 Å². The van der Waals surface area contributed by atoms with E-state index in [9.17, 15) is 0 Å².